The van der Waals surface area contributed by atoms with Crippen LogP contribution in [0.5, 0.6) is 11.5 Å². The third-order valence-corrected chi connectivity index (χ3v) is 16.0. The van der Waals surface area contributed by atoms with Crippen molar-refractivity contribution < 1.29 is 43.1 Å². The molecule has 4 aliphatic carbocycles. The van der Waals surface area contributed by atoms with Crippen LogP contribution in [0, 0.1) is 0 Å². The second-order valence-corrected chi connectivity index (χ2v) is 21.1. The minimum atomic E-state index is -0.221. The van der Waals surface area contributed by atoms with E-state index in [0.29, 0.717) is 73.5 Å². The van der Waals surface area contributed by atoms with Crippen molar-refractivity contribution in [2.24, 2.45) is 0 Å². The molecule has 3 fully saturated rings. The van der Waals surface area contributed by atoms with Gasteiger partial charge in [-0.25, -0.2) is 0 Å². The number of nitrogens with zero attached hydrogens (tertiary/aromatic N) is 4. The zero-order chi connectivity index (χ0) is 52.4. The Balaban J connectivity index is 0.740. The van der Waals surface area contributed by atoms with E-state index < -0.39 is 0 Å². The summed E-state index contributed by atoms with van der Waals surface area (Å²) in [6.07, 6.45) is 27.2. The summed E-state index contributed by atoms with van der Waals surface area (Å²) < 4.78 is 14.6. The number of ether oxygens (including phenoxy) is 2. The number of hydrogen-bond acceptors (Lipinski definition) is 9. The van der Waals surface area contributed by atoms with Crippen LogP contribution in [0.25, 0.3) is 5.57 Å². The predicted molar refractivity (Wildman–Crippen MR) is 293 cm³/mol. The van der Waals surface area contributed by atoms with E-state index in [0.717, 1.165) is 111 Å². The molecule has 76 heavy (non-hydrogen) atoms. The van der Waals surface area contributed by atoms with Gasteiger partial charge < -0.3 is 19.5 Å². The normalized spacial score (nSPS) is 18.1. The highest BCUT2D eigenvalue weighted by Crippen LogP contribution is 2.41. The molecule has 0 bridgehead atoms. The fourth-order valence-electron chi connectivity index (χ4n) is 11.9. The molecule has 4 amide bonds. The number of imide groups is 2. The molecule has 0 aromatic heterocycles. The minimum absolute atomic E-state index is 0.0479. The number of carbonyl (C=O) groups excluding carboxylic acids is 5. The van der Waals surface area contributed by atoms with Crippen molar-refractivity contribution in [3.8, 4) is 11.5 Å². The molecule has 4 aromatic rings. The summed E-state index contributed by atoms with van der Waals surface area (Å²) in [6, 6.07) is 32.1. The summed E-state index contributed by atoms with van der Waals surface area (Å²) in [7, 11) is 0. The first-order valence-electron chi connectivity index (χ1n) is 28.1. The lowest BCUT2D eigenvalue weighted by Crippen LogP contribution is -2.33. The monoisotopic (exact) mass is 1020 g/mol. The Morgan fingerprint density at radius 2 is 1.03 bits per heavy atom. The number of allylic oxidation sites excluding steroid dienone is 7. The first-order valence-corrected chi connectivity index (χ1v) is 28.1. The van der Waals surface area contributed by atoms with Crippen LogP contribution < -0.4 is 19.5 Å². The smallest absolute Gasteiger partial charge is 0.261 e. The predicted octanol–water partition coefficient (Wildman–Crippen LogP) is 11.7. The summed E-state index contributed by atoms with van der Waals surface area (Å²) in [4.78, 5) is 68.1. The van der Waals surface area contributed by atoms with Gasteiger partial charge in [0.05, 0.1) is 24.3 Å². The van der Waals surface area contributed by atoms with Gasteiger partial charge in [-0.2, -0.15) is 4.58 Å². The lowest BCUT2D eigenvalue weighted by Gasteiger charge is -2.37. The number of hydrogen-bond donors (Lipinski definition) is 0. The summed E-state index contributed by atoms with van der Waals surface area (Å²) in [5.41, 5.74) is 6.92. The third kappa shape index (κ3) is 11.7. The van der Waals surface area contributed by atoms with Crippen molar-refractivity contribution in [3.63, 3.8) is 0 Å². The fourth-order valence-corrected chi connectivity index (χ4v) is 11.9. The van der Waals surface area contributed by atoms with Gasteiger partial charge in [0.2, 0.25) is 23.2 Å². The highest BCUT2D eigenvalue weighted by molar-refractivity contribution is 6.39. The van der Waals surface area contributed by atoms with Crippen LogP contribution in [0.15, 0.2) is 138 Å². The number of unbranched alkanes of at least 4 members (excludes halogenated alkanes) is 6. The summed E-state index contributed by atoms with van der Waals surface area (Å²) in [6.45, 7) is 2.12. The third-order valence-electron chi connectivity index (χ3n) is 16.0. The van der Waals surface area contributed by atoms with E-state index >= 15 is 0 Å². The van der Waals surface area contributed by atoms with E-state index in [1.807, 2.05) is 72.8 Å². The maximum absolute atomic E-state index is 13.9. The summed E-state index contributed by atoms with van der Waals surface area (Å²) in [5.74, 6) is 0.681. The van der Waals surface area contributed by atoms with Gasteiger partial charge in [0.25, 0.3) is 11.8 Å². The quantitative estimate of drug-likeness (QED) is 0.0326. The first-order chi connectivity index (χ1) is 37.2. The lowest BCUT2D eigenvalue weighted by molar-refractivity contribution is -0.488. The van der Waals surface area contributed by atoms with E-state index in [-0.39, 0.29) is 46.3 Å². The second-order valence-electron chi connectivity index (χ2n) is 21.1. The van der Waals surface area contributed by atoms with Gasteiger partial charge in [-0.05, 0) is 135 Å². The number of anilines is 2. The Morgan fingerprint density at radius 3 is 1.58 bits per heavy atom. The average molecular weight is 1020 g/mol. The molecule has 394 valence electrons. The average Bonchev–Trinajstić information content (AvgIpc) is 3.95. The van der Waals surface area contributed by atoms with E-state index in [9.17, 15) is 29.1 Å². The van der Waals surface area contributed by atoms with Crippen molar-refractivity contribution in [1.29, 1.82) is 0 Å². The molecule has 4 aromatic carbocycles. The molecule has 1 saturated heterocycles. The van der Waals surface area contributed by atoms with Gasteiger partial charge in [0, 0.05) is 91.6 Å². The van der Waals surface area contributed by atoms with E-state index in [1.54, 1.807) is 24.3 Å². The number of benzene rings is 4. The van der Waals surface area contributed by atoms with Crippen molar-refractivity contribution in [2.45, 2.75) is 141 Å². The van der Waals surface area contributed by atoms with Gasteiger partial charge in [0.1, 0.15) is 11.5 Å². The summed E-state index contributed by atoms with van der Waals surface area (Å²) >= 11 is 0. The SMILES string of the molecule is O=C1C(=C2C=CC(=[N+](c3ccc(OCCCCCCN4C(=O)c5ccccc5C4=O)cc3)C3CCCCC3)C=C2)C([O-])=C1c1ccc(N(c2ccc(OCCCCCCN3C(=O)CCC3=O)cc2)C2CCCCC2)cc1. The number of amides is 4. The molecule has 2 aliphatic heterocycles. The molecule has 0 N–H and O–H groups in total. The number of rotatable bonds is 22. The van der Waals surface area contributed by atoms with Crippen LogP contribution in [0.2, 0.25) is 0 Å². The molecule has 2 saturated carbocycles. The molecular formula is C64H70N4O8. The second kappa shape index (κ2) is 24.6. The van der Waals surface area contributed by atoms with Crippen LogP contribution >= 0.6 is 0 Å². The largest absolute Gasteiger partial charge is 0.871 e. The minimum Gasteiger partial charge on any atom is -0.871 e. The topological polar surface area (TPSA) is 140 Å². The zero-order valence-electron chi connectivity index (χ0n) is 43.7. The Hall–Kier alpha value is -7.34. The van der Waals surface area contributed by atoms with Gasteiger partial charge >= 0.3 is 0 Å². The van der Waals surface area contributed by atoms with Gasteiger partial charge in [0.15, 0.2) is 11.8 Å². The van der Waals surface area contributed by atoms with Crippen molar-refractivity contribution in [2.75, 3.05) is 31.2 Å². The Morgan fingerprint density at radius 1 is 0.526 bits per heavy atom. The van der Waals surface area contributed by atoms with Crippen LogP contribution in [-0.4, -0.2) is 87.9 Å². The van der Waals surface area contributed by atoms with Crippen LogP contribution in [0.3, 0.4) is 0 Å². The Kier molecular flexibility index (Phi) is 16.8. The molecule has 0 unspecified atom stereocenters. The molecule has 12 nitrogen and oxygen atoms in total. The highest BCUT2D eigenvalue weighted by atomic mass is 16.5. The van der Waals surface area contributed by atoms with Crippen LogP contribution in [-0.2, 0) is 14.4 Å². The molecule has 0 spiro atoms. The lowest BCUT2D eigenvalue weighted by atomic mass is 9.80. The highest BCUT2D eigenvalue weighted by Gasteiger charge is 2.36. The molecule has 10 rings (SSSR count). The number of likely N-dealkylation sites (tertiary alicyclic amines) is 1. The zero-order valence-corrected chi connectivity index (χ0v) is 43.7. The van der Waals surface area contributed by atoms with Crippen LogP contribution in [0.4, 0.5) is 17.1 Å². The standard InChI is InChI=1S/C64H70N4O8/c69-57-39-40-58(70)65(57)41-13-1-3-15-43-75-53-35-31-51(32-36-53)67(47-17-7-5-8-18-47)49-27-23-45(24-28-49)59-61(71)60(62(59)72)46-25-29-50(30-26-46)68(48-19-9-6-10-20-48)52-33-37-54(38-34-52)76-44-16-4-2-14-42-66-63(73)55-21-11-12-22-56(55)64(66)74/h11-12,21-38,47-48H,1-10,13-20,39-44H2. The number of ketones is 1. The van der Waals surface area contributed by atoms with Crippen molar-refractivity contribution >= 4 is 57.8 Å². The number of fused-ring (bicyclic) bond motifs is 1. The summed E-state index contributed by atoms with van der Waals surface area (Å²) in [5, 5.41) is 13.9. The molecular weight excluding hydrogens is 953 g/mol. The molecule has 2 heterocycles. The van der Waals surface area contributed by atoms with E-state index in [2.05, 4.69) is 33.7 Å². The van der Waals surface area contributed by atoms with Gasteiger partial charge in [-0.3, -0.25) is 33.8 Å². The first kappa shape index (κ1) is 52.1. The Bertz CT molecular complexity index is 2890. The maximum Gasteiger partial charge on any atom is 0.261 e. The Labute approximate surface area is 447 Å². The molecule has 0 atom stereocenters. The van der Waals surface area contributed by atoms with E-state index in [1.165, 1.54) is 48.3 Å². The van der Waals surface area contributed by atoms with Gasteiger partial charge in [-0.15, -0.1) is 0 Å². The van der Waals surface area contributed by atoms with Crippen LogP contribution in [0.1, 0.15) is 155 Å². The molecule has 6 aliphatic rings. The van der Waals surface area contributed by atoms with Gasteiger partial charge in [-0.1, -0.05) is 81.4 Å². The van der Waals surface area contributed by atoms with Crippen molar-refractivity contribution in [3.05, 3.63) is 155 Å². The van der Waals surface area contributed by atoms with E-state index in [4.69, 9.17) is 9.47 Å². The fraction of sp³-hybridized carbons (Fsp3) is 0.406. The van der Waals surface area contributed by atoms with Crippen molar-refractivity contribution in [1.82, 2.24) is 9.80 Å². The number of carbonyl (C=O) groups is 5. The molecule has 0 radical (unpaired) electrons. The maximum atomic E-state index is 13.9. The number of Topliss-reactive ketones (excluding diaryl/α,β-unsaturated/α-hetero) is 1. The molecule has 12 heteroatoms.